The Bertz CT molecular complexity index is 198. The fraction of sp³-hybridized carbons (Fsp3) is 0.600. The van der Waals surface area contributed by atoms with Crippen molar-refractivity contribution >= 4 is 0 Å². The van der Waals surface area contributed by atoms with Gasteiger partial charge in [-0.05, 0) is 23.0 Å². The molecule has 0 aliphatic carbocycles. The van der Waals surface area contributed by atoms with Crippen LogP contribution in [0.4, 0.5) is 0 Å². The summed E-state index contributed by atoms with van der Waals surface area (Å²) < 4.78 is 5.17. The van der Waals surface area contributed by atoms with Gasteiger partial charge in [0, 0.05) is 0 Å². The number of furan rings is 1. The minimum absolute atomic E-state index is 0.575. The van der Waals surface area contributed by atoms with Gasteiger partial charge in [-0.1, -0.05) is 27.7 Å². The van der Waals surface area contributed by atoms with Crippen molar-refractivity contribution in [3.8, 4) is 0 Å². The van der Waals surface area contributed by atoms with Gasteiger partial charge >= 0.3 is 0 Å². The third-order valence-electron chi connectivity index (χ3n) is 1.97. The summed E-state index contributed by atoms with van der Waals surface area (Å²) >= 11 is 0. The minimum atomic E-state index is 0.575. The maximum absolute atomic E-state index is 5.17. The van der Waals surface area contributed by atoms with E-state index < -0.39 is 0 Å². The van der Waals surface area contributed by atoms with Crippen LogP contribution in [0.3, 0.4) is 0 Å². The summed E-state index contributed by atoms with van der Waals surface area (Å²) in [6.45, 7) is 8.76. The molecular weight excluding hydrogens is 136 g/mol. The zero-order chi connectivity index (χ0) is 8.43. The highest BCUT2D eigenvalue weighted by Crippen LogP contribution is 2.26. The smallest absolute Gasteiger partial charge is 0.0940 e. The van der Waals surface area contributed by atoms with Crippen molar-refractivity contribution in [2.45, 2.75) is 39.5 Å². The third-order valence-corrected chi connectivity index (χ3v) is 1.97. The van der Waals surface area contributed by atoms with Gasteiger partial charge in [0.1, 0.15) is 0 Å². The Morgan fingerprint density at radius 2 is 1.27 bits per heavy atom. The number of rotatable bonds is 2. The van der Waals surface area contributed by atoms with Crippen molar-refractivity contribution in [3.05, 3.63) is 23.7 Å². The molecule has 0 saturated heterocycles. The van der Waals surface area contributed by atoms with E-state index in [0.717, 1.165) is 0 Å². The molecule has 0 unspecified atom stereocenters. The molecule has 62 valence electrons. The van der Waals surface area contributed by atoms with Crippen LogP contribution >= 0.6 is 0 Å². The van der Waals surface area contributed by atoms with Crippen LogP contribution < -0.4 is 0 Å². The zero-order valence-electron chi connectivity index (χ0n) is 7.72. The van der Waals surface area contributed by atoms with Gasteiger partial charge in [-0.25, -0.2) is 0 Å². The number of hydrogen-bond donors (Lipinski definition) is 0. The van der Waals surface area contributed by atoms with Crippen molar-refractivity contribution < 1.29 is 4.42 Å². The van der Waals surface area contributed by atoms with Crippen LogP contribution in [0.5, 0.6) is 0 Å². The van der Waals surface area contributed by atoms with E-state index in [1.165, 1.54) is 11.1 Å². The predicted molar refractivity (Wildman–Crippen MR) is 46.9 cm³/mol. The summed E-state index contributed by atoms with van der Waals surface area (Å²) in [6, 6.07) is 0. The molecule has 1 aromatic heterocycles. The van der Waals surface area contributed by atoms with Crippen LogP contribution in [0.25, 0.3) is 0 Å². The molecule has 1 aromatic rings. The lowest BCUT2D eigenvalue weighted by molar-refractivity contribution is 0.558. The van der Waals surface area contributed by atoms with Crippen molar-refractivity contribution in [2.24, 2.45) is 0 Å². The van der Waals surface area contributed by atoms with E-state index in [0.29, 0.717) is 11.8 Å². The quantitative estimate of drug-likeness (QED) is 0.632. The standard InChI is InChI=1S/C10H16O/c1-7(2)9-5-11-6-10(9)8(3)4/h5-8H,1-4H3. The summed E-state index contributed by atoms with van der Waals surface area (Å²) in [6.07, 6.45) is 3.72. The van der Waals surface area contributed by atoms with Crippen molar-refractivity contribution in [1.82, 2.24) is 0 Å². The minimum Gasteiger partial charge on any atom is -0.472 e. The first-order valence-corrected chi connectivity index (χ1v) is 4.19. The van der Waals surface area contributed by atoms with Gasteiger partial charge in [-0.15, -0.1) is 0 Å². The maximum atomic E-state index is 5.17. The SMILES string of the molecule is CC(C)c1cocc1C(C)C. The molecular formula is C10H16O. The Balaban J connectivity index is 2.96. The Morgan fingerprint density at radius 3 is 1.55 bits per heavy atom. The Kier molecular flexibility index (Phi) is 2.38. The Morgan fingerprint density at radius 1 is 0.909 bits per heavy atom. The Hall–Kier alpha value is -0.720. The highest BCUT2D eigenvalue weighted by Gasteiger charge is 2.11. The topological polar surface area (TPSA) is 13.1 Å². The molecule has 0 aromatic carbocycles. The second kappa shape index (κ2) is 3.12. The predicted octanol–water partition coefficient (Wildman–Crippen LogP) is 3.53. The summed E-state index contributed by atoms with van der Waals surface area (Å²) in [5.74, 6) is 1.15. The second-order valence-corrected chi connectivity index (χ2v) is 3.59. The molecule has 0 bridgehead atoms. The van der Waals surface area contributed by atoms with Crippen LogP contribution in [0, 0.1) is 0 Å². The molecule has 0 fully saturated rings. The molecule has 0 radical (unpaired) electrons. The van der Waals surface area contributed by atoms with Crippen molar-refractivity contribution in [2.75, 3.05) is 0 Å². The molecule has 0 atom stereocenters. The third kappa shape index (κ3) is 1.65. The molecule has 0 aliphatic heterocycles. The van der Waals surface area contributed by atoms with Gasteiger partial charge in [0.25, 0.3) is 0 Å². The molecule has 1 nitrogen and oxygen atoms in total. The molecule has 0 aliphatic rings. The molecule has 11 heavy (non-hydrogen) atoms. The van der Waals surface area contributed by atoms with Crippen LogP contribution in [-0.2, 0) is 0 Å². The largest absolute Gasteiger partial charge is 0.472 e. The van der Waals surface area contributed by atoms with E-state index >= 15 is 0 Å². The normalized spacial score (nSPS) is 11.5. The monoisotopic (exact) mass is 152 g/mol. The fourth-order valence-electron chi connectivity index (χ4n) is 1.26. The van der Waals surface area contributed by atoms with E-state index in [1.54, 1.807) is 0 Å². The summed E-state index contributed by atoms with van der Waals surface area (Å²) in [5, 5.41) is 0. The highest BCUT2D eigenvalue weighted by molar-refractivity contribution is 5.26. The van der Waals surface area contributed by atoms with Crippen LogP contribution in [0.2, 0.25) is 0 Å². The first-order chi connectivity index (χ1) is 5.13. The lowest BCUT2D eigenvalue weighted by Crippen LogP contribution is -1.93. The van der Waals surface area contributed by atoms with Gasteiger partial charge in [0.05, 0.1) is 12.5 Å². The summed E-state index contributed by atoms with van der Waals surface area (Å²) in [5.41, 5.74) is 2.69. The molecule has 1 heteroatoms. The van der Waals surface area contributed by atoms with Gasteiger partial charge in [-0.2, -0.15) is 0 Å². The van der Waals surface area contributed by atoms with Gasteiger partial charge < -0.3 is 4.42 Å². The molecule has 0 spiro atoms. The molecule has 0 amide bonds. The zero-order valence-corrected chi connectivity index (χ0v) is 7.72. The lowest BCUT2D eigenvalue weighted by atomic mass is 9.95. The number of hydrogen-bond acceptors (Lipinski definition) is 1. The summed E-state index contributed by atoms with van der Waals surface area (Å²) in [7, 11) is 0. The van der Waals surface area contributed by atoms with Crippen LogP contribution in [-0.4, -0.2) is 0 Å². The van der Waals surface area contributed by atoms with Gasteiger partial charge in [-0.3, -0.25) is 0 Å². The highest BCUT2D eigenvalue weighted by atomic mass is 16.3. The average Bonchev–Trinajstić information content (AvgIpc) is 2.32. The van der Waals surface area contributed by atoms with E-state index in [-0.39, 0.29) is 0 Å². The van der Waals surface area contributed by atoms with E-state index in [9.17, 15) is 0 Å². The molecule has 1 rings (SSSR count). The maximum Gasteiger partial charge on any atom is 0.0940 e. The van der Waals surface area contributed by atoms with Gasteiger partial charge in [0.2, 0.25) is 0 Å². The second-order valence-electron chi connectivity index (χ2n) is 3.59. The van der Waals surface area contributed by atoms with Crippen LogP contribution in [0.1, 0.15) is 50.7 Å². The van der Waals surface area contributed by atoms with Crippen LogP contribution in [0.15, 0.2) is 16.9 Å². The van der Waals surface area contributed by atoms with E-state index in [2.05, 4.69) is 27.7 Å². The summed E-state index contributed by atoms with van der Waals surface area (Å²) in [4.78, 5) is 0. The van der Waals surface area contributed by atoms with Gasteiger partial charge in [0.15, 0.2) is 0 Å². The van der Waals surface area contributed by atoms with Crippen molar-refractivity contribution in [1.29, 1.82) is 0 Å². The average molecular weight is 152 g/mol. The lowest BCUT2D eigenvalue weighted by Gasteiger charge is -2.07. The van der Waals surface area contributed by atoms with Crippen molar-refractivity contribution in [3.63, 3.8) is 0 Å². The molecule has 0 N–H and O–H groups in total. The first kappa shape index (κ1) is 8.38. The van der Waals surface area contributed by atoms with E-state index in [1.807, 2.05) is 12.5 Å². The van der Waals surface area contributed by atoms with E-state index in [4.69, 9.17) is 4.42 Å². The fourth-order valence-corrected chi connectivity index (χ4v) is 1.26. The first-order valence-electron chi connectivity index (χ1n) is 4.19. The molecule has 0 saturated carbocycles. The Labute approximate surface area is 68.4 Å². The molecule has 1 heterocycles.